The number of urea groups is 1. The van der Waals surface area contributed by atoms with Gasteiger partial charge in [0.1, 0.15) is 23.3 Å². The van der Waals surface area contributed by atoms with Crippen LogP contribution in [0.15, 0.2) is 68.9 Å². The third-order valence-corrected chi connectivity index (χ3v) is 4.71. The Morgan fingerprint density at radius 1 is 1.12 bits per heavy atom. The van der Waals surface area contributed by atoms with E-state index >= 15 is 0 Å². The number of carbonyl (C=O) groups is 1. The van der Waals surface area contributed by atoms with Crippen LogP contribution in [0.4, 0.5) is 10.5 Å². The molecule has 0 bridgehead atoms. The summed E-state index contributed by atoms with van der Waals surface area (Å²) in [5, 5.41) is 9.32. The van der Waals surface area contributed by atoms with Crippen molar-refractivity contribution >= 4 is 40.6 Å². The van der Waals surface area contributed by atoms with Crippen LogP contribution in [-0.2, 0) is 0 Å². The second kappa shape index (κ2) is 6.90. The topological polar surface area (TPSA) is 71.0 Å². The molecule has 6 nitrogen and oxygen atoms in total. The third kappa shape index (κ3) is 3.21. The molecule has 1 N–H and O–H groups in total. The van der Waals surface area contributed by atoms with Gasteiger partial charge in [0.25, 0.3) is 0 Å². The summed E-state index contributed by atoms with van der Waals surface area (Å²) in [5.41, 5.74) is 1.19. The molecule has 26 heavy (non-hydrogen) atoms. The maximum atomic E-state index is 12.8. The largest absolute Gasteiger partial charge is 0.467 e. The van der Waals surface area contributed by atoms with Gasteiger partial charge in [-0.3, -0.25) is 0 Å². The van der Waals surface area contributed by atoms with Gasteiger partial charge in [-0.15, -0.1) is 0 Å². The van der Waals surface area contributed by atoms with Crippen molar-refractivity contribution in [2.45, 2.75) is 12.5 Å². The fourth-order valence-corrected chi connectivity index (χ4v) is 3.04. The van der Waals surface area contributed by atoms with E-state index in [1.165, 1.54) is 5.01 Å². The lowest BCUT2D eigenvalue weighted by Crippen LogP contribution is -2.31. The van der Waals surface area contributed by atoms with E-state index in [1.807, 2.05) is 6.07 Å². The van der Waals surface area contributed by atoms with Crippen LogP contribution in [0.1, 0.15) is 24.0 Å². The number of furan rings is 2. The summed E-state index contributed by atoms with van der Waals surface area (Å²) in [4.78, 5) is 12.8. The summed E-state index contributed by atoms with van der Waals surface area (Å²) in [5.74, 6) is 1.26. The van der Waals surface area contributed by atoms with Crippen molar-refractivity contribution in [3.63, 3.8) is 0 Å². The quantitative estimate of drug-likeness (QED) is 0.636. The monoisotopic (exact) mass is 389 g/mol. The zero-order valence-corrected chi connectivity index (χ0v) is 14.9. The molecule has 1 atom stereocenters. The van der Waals surface area contributed by atoms with Gasteiger partial charge in [0.2, 0.25) is 0 Å². The molecule has 8 heteroatoms. The fraction of sp³-hybridized carbons (Fsp3) is 0.111. The van der Waals surface area contributed by atoms with Crippen LogP contribution < -0.4 is 5.32 Å². The highest BCUT2D eigenvalue weighted by Gasteiger charge is 2.35. The van der Waals surface area contributed by atoms with E-state index in [9.17, 15) is 4.79 Å². The minimum Gasteiger partial charge on any atom is -0.467 e. The van der Waals surface area contributed by atoms with Crippen LogP contribution >= 0.6 is 23.2 Å². The SMILES string of the molecule is O=C(Nc1ccc(Cl)c(Cl)c1)N1N=C(c2ccco2)C[C@@H]1c1ccco1. The zero-order chi connectivity index (χ0) is 18.1. The van der Waals surface area contributed by atoms with Gasteiger partial charge < -0.3 is 14.2 Å². The smallest absolute Gasteiger partial charge is 0.342 e. The predicted molar refractivity (Wildman–Crippen MR) is 98.6 cm³/mol. The maximum Gasteiger partial charge on any atom is 0.342 e. The summed E-state index contributed by atoms with van der Waals surface area (Å²) in [7, 11) is 0. The number of amides is 2. The molecule has 132 valence electrons. The van der Waals surface area contributed by atoms with Crippen molar-refractivity contribution in [2.75, 3.05) is 5.32 Å². The number of nitrogens with one attached hydrogen (secondary N) is 1. The molecule has 1 aromatic carbocycles. The molecule has 3 aromatic rings. The predicted octanol–water partition coefficient (Wildman–Crippen LogP) is 5.56. The first-order valence-electron chi connectivity index (χ1n) is 7.82. The molecule has 0 saturated heterocycles. The number of benzene rings is 1. The average Bonchev–Trinajstić information content (AvgIpc) is 3.38. The number of carbonyl (C=O) groups excluding carboxylic acids is 1. The highest BCUT2D eigenvalue weighted by atomic mass is 35.5. The summed E-state index contributed by atoms with van der Waals surface area (Å²) >= 11 is 11.9. The highest BCUT2D eigenvalue weighted by Crippen LogP contribution is 2.34. The Labute approximate surface area is 159 Å². The summed E-state index contributed by atoms with van der Waals surface area (Å²) < 4.78 is 10.9. The van der Waals surface area contributed by atoms with Crippen LogP contribution in [0, 0.1) is 0 Å². The number of hydrogen-bond acceptors (Lipinski definition) is 4. The number of anilines is 1. The van der Waals surface area contributed by atoms with Crippen molar-refractivity contribution in [2.24, 2.45) is 5.10 Å². The van der Waals surface area contributed by atoms with Crippen LogP contribution in [-0.4, -0.2) is 16.8 Å². The molecule has 2 amide bonds. The van der Waals surface area contributed by atoms with Crippen molar-refractivity contribution in [3.8, 4) is 0 Å². The first-order valence-corrected chi connectivity index (χ1v) is 8.57. The Bertz CT molecular complexity index is 952. The summed E-state index contributed by atoms with van der Waals surface area (Å²) in [6, 6.07) is 11.2. The van der Waals surface area contributed by atoms with E-state index in [0.29, 0.717) is 39.4 Å². The van der Waals surface area contributed by atoms with Crippen molar-refractivity contribution in [1.29, 1.82) is 0 Å². The van der Waals surface area contributed by atoms with Crippen molar-refractivity contribution < 1.29 is 13.6 Å². The van der Waals surface area contributed by atoms with Gasteiger partial charge in [-0.1, -0.05) is 23.2 Å². The van der Waals surface area contributed by atoms with E-state index in [2.05, 4.69) is 10.4 Å². The lowest BCUT2D eigenvalue weighted by Gasteiger charge is -2.20. The second-order valence-electron chi connectivity index (χ2n) is 5.66. The Balaban J connectivity index is 1.61. The van der Waals surface area contributed by atoms with E-state index in [0.717, 1.165) is 0 Å². The molecule has 4 rings (SSSR count). The highest BCUT2D eigenvalue weighted by molar-refractivity contribution is 6.42. The Kier molecular flexibility index (Phi) is 4.44. The van der Waals surface area contributed by atoms with Crippen LogP contribution in [0.5, 0.6) is 0 Å². The third-order valence-electron chi connectivity index (χ3n) is 3.97. The van der Waals surface area contributed by atoms with Gasteiger partial charge >= 0.3 is 6.03 Å². The van der Waals surface area contributed by atoms with E-state index in [4.69, 9.17) is 32.0 Å². The molecule has 2 aromatic heterocycles. The number of hydrogen-bond donors (Lipinski definition) is 1. The number of hydrazone groups is 1. The van der Waals surface area contributed by atoms with Gasteiger partial charge in [0.15, 0.2) is 0 Å². The Morgan fingerprint density at radius 2 is 1.92 bits per heavy atom. The first-order chi connectivity index (χ1) is 12.6. The van der Waals surface area contributed by atoms with Gasteiger partial charge in [0, 0.05) is 12.1 Å². The lowest BCUT2D eigenvalue weighted by atomic mass is 10.1. The first kappa shape index (κ1) is 16.8. The molecule has 1 aliphatic heterocycles. The molecular weight excluding hydrogens is 377 g/mol. The average molecular weight is 390 g/mol. The molecule has 3 heterocycles. The second-order valence-corrected chi connectivity index (χ2v) is 6.48. The van der Waals surface area contributed by atoms with Crippen LogP contribution in [0.2, 0.25) is 10.0 Å². The fourth-order valence-electron chi connectivity index (χ4n) is 2.75. The Hall–Kier alpha value is -2.70. The minimum absolute atomic E-state index is 0.355. The molecule has 0 unspecified atom stereocenters. The van der Waals surface area contributed by atoms with E-state index < -0.39 is 6.03 Å². The molecule has 0 saturated carbocycles. The van der Waals surface area contributed by atoms with Gasteiger partial charge in [-0.05, 0) is 42.5 Å². The molecule has 0 aliphatic carbocycles. The maximum absolute atomic E-state index is 12.8. The van der Waals surface area contributed by atoms with Crippen molar-refractivity contribution in [3.05, 3.63) is 76.6 Å². The van der Waals surface area contributed by atoms with Crippen molar-refractivity contribution in [1.82, 2.24) is 5.01 Å². The standard InChI is InChI=1S/C18H13Cl2N3O3/c19-12-6-5-11(9-13(12)20)21-18(24)23-15(17-4-2-8-26-17)10-14(22-23)16-3-1-7-25-16/h1-9,15H,10H2,(H,21,24)/t15-/m1/s1. The molecular formula is C18H13Cl2N3O3. The van der Waals surface area contributed by atoms with E-state index in [-0.39, 0.29) is 6.04 Å². The summed E-state index contributed by atoms with van der Waals surface area (Å²) in [6.07, 6.45) is 3.61. The minimum atomic E-state index is -0.411. The zero-order valence-electron chi connectivity index (χ0n) is 13.4. The molecule has 1 aliphatic rings. The van der Waals surface area contributed by atoms with E-state index in [1.54, 1.807) is 48.9 Å². The van der Waals surface area contributed by atoms with Gasteiger partial charge in [-0.25, -0.2) is 9.80 Å². The van der Waals surface area contributed by atoms with Gasteiger partial charge in [0.05, 0.1) is 22.6 Å². The van der Waals surface area contributed by atoms with Crippen LogP contribution in [0.3, 0.4) is 0 Å². The summed E-state index contributed by atoms with van der Waals surface area (Å²) in [6.45, 7) is 0. The number of nitrogens with zero attached hydrogens (tertiary/aromatic N) is 2. The lowest BCUT2D eigenvalue weighted by molar-refractivity contribution is 0.192. The molecule has 0 spiro atoms. The normalized spacial score (nSPS) is 16.6. The molecule has 0 radical (unpaired) electrons. The van der Waals surface area contributed by atoms with Gasteiger partial charge in [-0.2, -0.15) is 5.10 Å². The number of halogens is 2. The van der Waals surface area contributed by atoms with Crippen LogP contribution in [0.25, 0.3) is 0 Å². The number of rotatable bonds is 3. The molecule has 0 fully saturated rings. The Morgan fingerprint density at radius 3 is 2.62 bits per heavy atom.